The van der Waals surface area contributed by atoms with Gasteiger partial charge in [-0.15, -0.1) is 0 Å². The topological polar surface area (TPSA) is 75.3 Å². The van der Waals surface area contributed by atoms with Crippen molar-refractivity contribution in [2.45, 2.75) is 32.6 Å². The predicted octanol–water partition coefficient (Wildman–Crippen LogP) is 2.63. The Labute approximate surface area is 102 Å². The van der Waals surface area contributed by atoms with Crippen LogP contribution < -0.4 is 11.1 Å². The summed E-state index contributed by atoms with van der Waals surface area (Å²) in [7, 11) is 0. The van der Waals surface area contributed by atoms with Crippen molar-refractivity contribution in [2.24, 2.45) is 0 Å². The number of nitrogens with one attached hydrogen (secondary N) is 1. The molecule has 4 N–H and O–H groups in total. The maximum Gasteiger partial charge on any atom is 0.303 e. The van der Waals surface area contributed by atoms with Gasteiger partial charge in [0.25, 0.3) is 0 Å². The van der Waals surface area contributed by atoms with Crippen LogP contribution in [0.25, 0.3) is 0 Å². The molecule has 0 aliphatic heterocycles. The zero-order valence-electron chi connectivity index (χ0n) is 10.2. The summed E-state index contributed by atoms with van der Waals surface area (Å²) in [6, 6.07) is 5.79. The Bertz CT molecular complexity index is 378. The van der Waals surface area contributed by atoms with E-state index in [4.69, 9.17) is 10.8 Å². The minimum atomic E-state index is -0.715. The molecule has 1 aromatic carbocycles. The van der Waals surface area contributed by atoms with Crippen LogP contribution in [-0.4, -0.2) is 17.6 Å². The van der Waals surface area contributed by atoms with Crippen LogP contribution in [0.4, 0.5) is 11.4 Å². The van der Waals surface area contributed by atoms with Gasteiger partial charge in [-0.25, -0.2) is 0 Å². The first-order valence-electron chi connectivity index (χ1n) is 5.91. The van der Waals surface area contributed by atoms with E-state index in [2.05, 4.69) is 5.32 Å². The number of carboxylic acids is 1. The molecule has 94 valence electrons. The van der Waals surface area contributed by atoms with Gasteiger partial charge in [-0.3, -0.25) is 4.79 Å². The van der Waals surface area contributed by atoms with Gasteiger partial charge in [0.2, 0.25) is 0 Å². The Hall–Kier alpha value is -1.71. The molecule has 0 saturated carbocycles. The fourth-order valence-electron chi connectivity index (χ4n) is 1.69. The molecule has 17 heavy (non-hydrogen) atoms. The molecule has 4 heteroatoms. The second-order valence-corrected chi connectivity index (χ2v) is 4.21. The fourth-order valence-corrected chi connectivity index (χ4v) is 1.69. The number of nitrogens with two attached hydrogens (primary N) is 1. The highest BCUT2D eigenvalue weighted by atomic mass is 16.4. The lowest BCUT2D eigenvalue weighted by atomic mass is 10.1. The van der Waals surface area contributed by atoms with Crippen LogP contribution in [0.2, 0.25) is 0 Å². The Morgan fingerprint density at radius 1 is 1.35 bits per heavy atom. The van der Waals surface area contributed by atoms with Crippen LogP contribution in [0.1, 0.15) is 31.2 Å². The summed E-state index contributed by atoms with van der Waals surface area (Å²) >= 11 is 0. The molecule has 0 saturated heterocycles. The third kappa shape index (κ3) is 5.24. The average molecular weight is 236 g/mol. The summed E-state index contributed by atoms with van der Waals surface area (Å²) in [6.45, 7) is 2.88. The molecule has 0 amide bonds. The zero-order chi connectivity index (χ0) is 12.7. The van der Waals surface area contributed by atoms with Crippen LogP contribution in [0, 0.1) is 6.92 Å². The molecule has 0 bridgehead atoms. The summed E-state index contributed by atoms with van der Waals surface area (Å²) in [6.07, 6.45) is 2.93. The van der Waals surface area contributed by atoms with E-state index in [-0.39, 0.29) is 6.42 Å². The second kappa shape index (κ2) is 6.78. The van der Waals surface area contributed by atoms with Gasteiger partial charge in [0.1, 0.15) is 0 Å². The van der Waals surface area contributed by atoms with Crippen molar-refractivity contribution in [1.82, 2.24) is 0 Å². The quantitative estimate of drug-likeness (QED) is 0.502. The van der Waals surface area contributed by atoms with Gasteiger partial charge in [-0.2, -0.15) is 0 Å². The van der Waals surface area contributed by atoms with Gasteiger partial charge in [0.05, 0.1) is 0 Å². The van der Waals surface area contributed by atoms with Crippen LogP contribution in [0.15, 0.2) is 18.2 Å². The zero-order valence-corrected chi connectivity index (χ0v) is 10.2. The van der Waals surface area contributed by atoms with E-state index in [1.807, 2.05) is 25.1 Å². The predicted molar refractivity (Wildman–Crippen MR) is 70.2 cm³/mol. The number of hydrogen-bond donors (Lipinski definition) is 3. The number of anilines is 2. The normalized spacial score (nSPS) is 10.2. The first-order valence-corrected chi connectivity index (χ1v) is 5.91. The number of aliphatic carboxylic acids is 1. The van der Waals surface area contributed by atoms with E-state index >= 15 is 0 Å². The van der Waals surface area contributed by atoms with Crippen LogP contribution in [-0.2, 0) is 4.79 Å². The van der Waals surface area contributed by atoms with Gasteiger partial charge in [0.15, 0.2) is 0 Å². The van der Waals surface area contributed by atoms with E-state index in [0.29, 0.717) is 0 Å². The summed E-state index contributed by atoms with van der Waals surface area (Å²) < 4.78 is 0. The van der Waals surface area contributed by atoms with E-state index in [1.165, 1.54) is 0 Å². The van der Waals surface area contributed by atoms with Crippen molar-refractivity contribution in [3.63, 3.8) is 0 Å². The summed E-state index contributed by atoms with van der Waals surface area (Å²) in [5.74, 6) is -0.715. The van der Waals surface area contributed by atoms with E-state index in [9.17, 15) is 4.79 Å². The third-order valence-corrected chi connectivity index (χ3v) is 2.63. The molecule has 0 spiro atoms. The number of carboxylic acid groups (broad SMARTS) is 1. The van der Waals surface area contributed by atoms with Crippen molar-refractivity contribution in [3.05, 3.63) is 23.8 Å². The highest BCUT2D eigenvalue weighted by Crippen LogP contribution is 2.17. The molecule has 0 radical (unpaired) electrons. The smallest absolute Gasteiger partial charge is 0.303 e. The number of nitrogen functional groups attached to an aromatic ring is 1. The lowest BCUT2D eigenvalue weighted by Crippen LogP contribution is -2.04. The van der Waals surface area contributed by atoms with Gasteiger partial charge in [-0.05, 0) is 43.5 Å². The highest BCUT2D eigenvalue weighted by Gasteiger charge is 1.99. The number of aryl methyl sites for hydroxylation is 1. The number of unbranched alkanes of at least 4 members (excludes halogenated alkanes) is 2. The Kier molecular flexibility index (Phi) is 5.33. The highest BCUT2D eigenvalue weighted by molar-refractivity contribution is 5.66. The Morgan fingerprint density at radius 2 is 2.12 bits per heavy atom. The number of benzene rings is 1. The monoisotopic (exact) mass is 236 g/mol. The van der Waals surface area contributed by atoms with E-state index in [0.717, 1.165) is 42.7 Å². The lowest BCUT2D eigenvalue weighted by Gasteiger charge is -2.09. The van der Waals surface area contributed by atoms with Crippen LogP contribution in [0.3, 0.4) is 0 Å². The molecular weight excluding hydrogens is 216 g/mol. The summed E-state index contributed by atoms with van der Waals surface area (Å²) in [5.41, 5.74) is 8.67. The van der Waals surface area contributed by atoms with Crippen LogP contribution in [0.5, 0.6) is 0 Å². The molecule has 1 aromatic rings. The SMILES string of the molecule is Cc1cc(N)ccc1NCCCCCC(=O)O. The molecule has 4 nitrogen and oxygen atoms in total. The maximum absolute atomic E-state index is 10.3. The molecule has 0 aliphatic rings. The van der Waals surface area contributed by atoms with E-state index < -0.39 is 5.97 Å². The molecule has 0 aromatic heterocycles. The minimum Gasteiger partial charge on any atom is -0.481 e. The van der Waals surface area contributed by atoms with Gasteiger partial charge < -0.3 is 16.2 Å². The molecule has 0 unspecified atom stereocenters. The molecule has 1 rings (SSSR count). The fraction of sp³-hybridized carbons (Fsp3) is 0.462. The summed E-state index contributed by atoms with van der Waals surface area (Å²) in [4.78, 5) is 10.3. The van der Waals surface area contributed by atoms with Crippen molar-refractivity contribution in [3.8, 4) is 0 Å². The maximum atomic E-state index is 10.3. The lowest BCUT2D eigenvalue weighted by molar-refractivity contribution is -0.137. The minimum absolute atomic E-state index is 0.265. The number of hydrogen-bond acceptors (Lipinski definition) is 3. The van der Waals surface area contributed by atoms with Crippen molar-refractivity contribution < 1.29 is 9.90 Å². The van der Waals surface area contributed by atoms with E-state index in [1.54, 1.807) is 0 Å². The van der Waals surface area contributed by atoms with Gasteiger partial charge >= 0.3 is 5.97 Å². The molecule has 0 heterocycles. The Morgan fingerprint density at radius 3 is 2.76 bits per heavy atom. The largest absolute Gasteiger partial charge is 0.481 e. The van der Waals surface area contributed by atoms with Crippen molar-refractivity contribution in [1.29, 1.82) is 0 Å². The number of carbonyl (C=O) groups is 1. The summed E-state index contributed by atoms with van der Waals surface area (Å²) in [5, 5.41) is 11.8. The molecule has 0 aliphatic carbocycles. The molecule has 0 atom stereocenters. The molecular formula is C13H20N2O2. The first-order chi connectivity index (χ1) is 8.09. The standard InChI is InChI=1S/C13H20N2O2/c1-10-9-11(14)6-7-12(10)15-8-4-2-3-5-13(16)17/h6-7,9,15H,2-5,8,14H2,1H3,(H,16,17). The van der Waals surface area contributed by atoms with Gasteiger partial charge in [-0.1, -0.05) is 6.42 Å². The molecule has 0 fully saturated rings. The second-order valence-electron chi connectivity index (χ2n) is 4.21. The average Bonchev–Trinajstić information content (AvgIpc) is 2.25. The van der Waals surface area contributed by atoms with Crippen molar-refractivity contribution in [2.75, 3.05) is 17.6 Å². The van der Waals surface area contributed by atoms with Gasteiger partial charge in [0, 0.05) is 24.3 Å². The first kappa shape index (κ1) is 13.4. The number of rotatable bonds is 7. The van der Waals surface area contributed by atoms with Crippen LogP contribution >= 0.6 is 0 Å². The third-order valence-electron chi connectivity index (χ3n) is 2.63. The van der Waals surface area contributed by atoms with Crippen molar-refractivity contribution >= 4 is 17.3 Å². The Balaban J connectivity index is 2.20.